The summed E-state index contributed by atoms with van der Waals surface area (Å²) in [6.45, 7) is 0.122. The Hall–Kier alpha value is -2.06. The summed E-state index contributed by atoms with van der Waals surface area (Å²) in [7, 11) is 0. The standard InChI is InChI=1S/C11H13F3N4O2/c12-11(13,14)7-2-1-3-17(6-7)10-5-8(18(19)20)4-9(15)16-10/h4-5,7H,1-3,6H2,(H2,15,16). The van der Waals surface area contributed by atoms with Gasteiger partial charge in [0.2, 0.25) is 0 Å². The Labute approximate surface area is 112 Å². The largest absolute Gasteiger partial charge is 0.393 e. The van der Waals surface area contributed by atoms with Gasteiger partial charge in [-0.15, -0.1) is 0 Å². The lowest BCUT2D eigenvalue weighted by Crippen LogP contribution is -2.42. The van der Waals surface area contributed by atoms with Gasteiger partial charge in [-0.3, -0.25) is 10.1 Å². The minimum Gasteiger partial charge on any atom is -0.383 e. The van der Waals surface area contributed by atoms with Crippen molar-refractivity contribution in [3.05, 3.63) is 22.2 Å². The maximum absolute atomic E-state index is 12.7. The quantitative estimate of drug-likeness (QED) is 0.667. The Bertz CT molecular complexity index is 521. The number of nitro groups is 1. The van der Waals surface area contributed by atoms with Crippen LogP contribution in [0.4, 0.5) is 30.5 Å². The topological polar surface area (TPSA) is 85.3 Å². The smallest absolute Gasteiger partial charge is 0.383 e. The highest BCUT2D eigenvalue weighted by molar-refractivity contribution is 5.54. The molecule has 0 aliphatic carbocycles. The zero-order valence-electron chi connectivity index (χ0n) is 10.4. The van der Waals surface area contributed by atoms with E-state index in [-0.39, 0.29) is 30.3 Å². The lowest BCUT2D eigenvalue weighted by Gasteiger charge is -2.34. The Morgan fingerprint density at radius 1 is 1.45 bits per heavy atom. The third-order valence-electron chi connectivity index (χ3n) is 3.24. The fourth-order valence-electron chi connectivity index (χ4n) is 2.24. The van der Waals surface area contributed by atoms with Gasteiger partial charge in [0.1, 0.15) is 11.6 Å². The van der Waals surface area contributed by atoms with Gasteiger partial charge in [0.15, 0.2) is 0 Å². The molecule has 1 aromatic heterocycles. The molecule has 2 N–H and O–H groups in total. The van der Waals surface area contributed by atoms with Crippen molar-refractivity contribution in [1.82, 2.24) is 4.98 Å². The van der Waals surface area contributed by atoms with Gasteiger partial charge < -0.3 is 10.6 Å². The molecule has 1 unspecified atom stereocenters. The third kappa shape index (κ3) is 3.09. The van der Waals surface area contributed by atoms with Crippen molar-refractivity contribution in [1.29, 1.82) is 0 Å². The minimum atomic E-state index is -4.27. The van der Waals surface area contributed by atoms with Gasteiger partial charge in [0.25, 0.3) is 5.69 Å². The minimum absolute atomic E-state index is 0.0599. The molecule has 0 aromatic carbocycles. The number of nitrogens with zero attached hydrogens (tertiary/aromatic N) is 3. The van der Waals surface area contributed by atoms with Crippen LogP contribution >= 0.6 is 0 Å². The molecule has 0 bridgehead atoms. The van der Waals surface area contributed by atoms with Gasteiger partial charge in [-0.05, 0) is 12.8 Å². The van der Waals surface area contributed by atoms with Crippen LogP contribution in [-0.4, -0.2) is 29.2 Å². The number of alkyl halides is 3. The van der Waals surface area contributed by atoms with Crippen LogP contribution in [0.15, 0.2) is 12.1 Å². The number of hydrogen-bond acceptors (Lipinski definition) is 5. The van der Waals surface area contributed by atoms with Crippen molar-refractivity contribution in [2.75, 3.05) is 23.7 Å². The van der Waals surface area contributed by atoms with Gasteiger partial charge in [-0.1, -0.05) is 0 Å². The SMILES string of the molecule is Nc1cc([N+](=O)[O-])cc(N2CCCC(C(F)(F)F)C2)n1. The number of halogens is 3. The van der Waals surface area contributed by atoms with Crippen molar-refractivity contribution < 1.29 is 18.1 Å². The third-order valence-corrected chi connectivity index (χ3v) is 3.24. The molecule has 2 heterocycles. The summed E-state index contributed by atoms with van der Waals surface area (Å²) < 4.78 is 38.2. The summed E-state index contributed by atoms with van der Waals surface area (Å²) in [4.78, 5) is 15.4. The van der Waals surface area contributed by atoms with E-state index in [1.807, 2.05) is 0 Å². The van der Waals surface area contributed by atoms with Crippen LogP contribution in [0.1, 0.15) is 12.8 Å². The van der Waals surface area contributed by atoms with E-state index in [2.05, 4.69) is 4.98 Å². The number of rotatable bonds is 2. The lowest BCUT2D eigenvalue weighted by molar-refractivity contribution is -0.384. The number of nitrogens with two attached hydrogens (primary N) is 1. The molecule has 1 fully saturated rings. The number of hydrogen-bond donors (Lipinski definition) is 1. The van der Waals surface area contributed by atoms with E-state index in [0.717, 1.165) is 12.1 Å². The molecule has 6 nitrogen and oxygen atoms in total. The summed E-state index contributed by atoms with van der Waals surface area (Å²) in [5.41, 5.74) is 5.18. The Kier molecular flexibility index (Phi) is 3.69. The first-order chi connectivity index (χ1) is 9.27. The molecular formula is C11H13F3N4O2. The van der Waals surface area contributed by atoms with Crippen molar-refractivity contribution >= 4 is 17.3 Å². The van der Waals surface area contributed by atoms with E-state index in [9.17, 15) is 23.3 Å². The highest BCUT2D eigenvalue weighted by atomic mass is 19.4. The maximum Gasteiger partial charge on any atom is 0.393 e. The number of pyridine rings is 1. The Balaban J connectivity index is 2.25. The fraction of sp³-hybridized carbons (Fsp3) is 0.545. The van der Waals surface area contributed by atoms with Gasteiger partial charge in [-0.2, -0.15) is 13.2 Å². The number of aromatic nitrogens is 1. The molecule has 0 saturated carbocycles. The Morgan fingerprint density at radius 2 is 2.15 bits per heavy atom. The van der Waals surface area contributed by atoms with Crippen molar-refractivity contribution in [2.45, 2.75) is 19.0 Å². The molecule has 1 atom stereocenters. The molecule has 1 aliphatic rings. The first kappa shape index (κ1) is 14.4. The van der Waals surface area contributed by atoms with Crippen molar-refractivity contribution in [2.24, 2.45) is 5.92 Å². The fourth-order valence-corrected chi connectivity index (χ4v) is 2.24. The van der Waals surface area contributed by atoms with Crippen molar-refractivity contribution in [3.63, 3.8) is 0 Å². The van der Waals surface area contributed by atoms with E-state index in [1.54, 1.807) is 0 Å². The molecule has 0 amide bonds. The maximum atomic E-state index is 12.7. The first-order valence-corrected chi connectivity index (χ1v) is 6.01. The summed E-state index contributed by atoms with van der Waals surface area (Å²) in [5, 5.41) is 10.7. The zero-order chi connectivity index (χ0) is 14.9. The molecular weight excluding hydrogens is 277 g/mol. The van der Waals surface area contributed by atoms with Crippen LogP contribution in [0.5, 0.6) is 0 Å². The first-order valence-electron chi connectivity index (χ1n) is 6.01. The molecule has 1 aliphatic heterocycles. The Morgan fingerprint density at radius 3 is 2.75 bits per heavy atom. The number of nitrogen functional groups attached to an aromatic ring is 1. The van der Waals surface area contributed by atoms with Crippen LogP contribution in [0, 0.1) is 16.0 Å². The van der Waals surface area contributed by atoms with E-state index in [0.29, 0.717) is 13.0 Å². The van der Waals surface area contributed by atoms with Gasteiger partial charge in [0, 0.05) is 13.1 Å². The number of piperidine rings is 1. The molecule has 20 heavy (non-hydrogen) atoms. The van der Waals surface area contributed by atoms with Gasteiger partial charge in [0.05, 0.1) is 23.0 Å². The monoisotopic (exact) mass is 290 g/mol. The molecule has 9 heteroatoms. The lowest BCUT2D eigenvalue weighted by atomic mass is 9.97. The summed E-state index contributed by atoms with van der Waals surface area (Å²) >= 11 is 0. The second-order valence-corrected chi connectivity index (χ2v) is 4.69. The van der Waals surface area contributed by atoms with Crippen LogP contribution in [-0.2, 0) is 0 Å². The normalized spacial score (nSPS) is 19.9. The number of anilines is 2. The van der Waals surface area contributed by atoms with Gasteiger partial charge >= 0.3 is 6.18 Å². The molecule has 1 saturated heterocycles. The van der Waals surface area contributed by atoms with Crippen LogP contribution in [0.2, 0.25) is 0 Å². The van der Waals surface area contributed by atoms with E-state index in [1.165, 1.54) is 4.90 Å². The average Bonchev–Trinajstić information content (AvgIpc) is 2.37. The van der Waals surface area contributed by atoms with Crippen LogP contribution < -0.4 is 10.6 Å². The zero-order valence-corrected chi connectivity index (χ0v) is 10.4. The molecule has 0 spiro atoms. The van der Waals surface area contributed by atoms with E-state index in [4.69, 9.17) is 5.73 Å². The predicted molar refractivity (Wildman–Crippen MR) is 66.3 cm³/mol. The second kappa shape index (κ2) is 5.14. The van der Waals surface area contributed by atoms with E-state index >= 15 is 0 Å². The van der Waals surface area contributed by atoms with Crippen molar-refractivity contribution in [3.8, 4) is 0 Å². The molecule has 110 valence electrons. The summed E-state index contributed by atoms with van der Waals surface area (Å²) in [5.74, 6) is -1.41. The van der Waals surface area contributed by atoms with Crippen LogP contribution in [0.25, 0.3) is 0 Å². The second-order valence-electron chi connectivity index (χ2n) is 4.69. The predicted octanol–water partition coefficient (Wildman–Crippen LogP) is 2.35. The highest BCUT2D eigenvalue weighted by Crippen LogP contribution is 2.35. The summed E-state index contributed by atoms with van der Waals surface area (Å²) in [6, 6.07) is 2.23. The molecule has 2 rings (SSSR count). The van der Waals surface area contributed by atoms with Crippen LogP contribution in [0.3, 0.4) is 0 Å². The molecule has 1 aromatic rings. The van der Waals surface area contributed by atoms with Gasteiger partial charge in [-0.25, -0.2) is 4.98 Å². The molecule has 0 radical (unpaired) electrons. The average molecular weight is 290 g/mol. The highest BCUT2D eigenvalue weighted by Gasteiger charge is 2.42. The summed E-state index contributed by atoms with van der Waals surface area (Å²) in [6.07, 6.45) is -3.86. The van der Waals surface area contributed by atoms with E-state index < -0.39 is 17.0 Å².